The summed E-state index contributed by atoms with van der Waals surface area (Å²) in [5.41, 5.74) is 6.54. The van der Waals surface area contributed by atoms with E-state index in [2.05, 4.69) is 6.07 Å². The molecule has 0 unspecified atom stereocenters. The molecular formula is C27H23N3O2S. The number of carbonyl (C=O) groups is 1. The molecule has 0 aliphatic rings. The molecule has 0 saturated heterocycles. The van der Waals surface area contributed by atoms with Crippen molar-refractivity contribution in [2.24, 2.45) is 0 Å². The summed E-state index contributed by atoms with van der Waals surface area (Å²) in [5.74, 6) is 0.619. The minimum atomic E-state index is -0.158. The number of hydrogen-bond donors (Lipinski definition) is 0. The summed E-state index contributed by atoms with van der Waals surface area (Å²) in [7, 11) is 0. The van der Waals surface area contributed by atoms with E-state index in [0.29, 0.717) is 33.1 Å². The smallest absolute Gasteiger partial charge is 0.266 e. The fraction of sp³-hybridized carbons (Fsp3) is 0.185. The number of nitriles is 1. The molecule has 0 N–H and O–H groups in total. The van der Waals surface area contributed by atoms with Gasteiger partial charge >= 0.3 is 0 Å². The molecule has 0 atom stereocenters. The first-order valence-electron chi connectivity index (χ1n) is 10.6. The molecule has 0 bridgehead atoms. The molecule has 0 radical (unpaired) electrons. The molecule has 0 fully saturated rings. The fourth-order valence-electron chi connectivity index (χ4n) is 4.25. The minimum Gasteiger partial charge on any atom is -0.294 e. The Labute approximate surface area is 196 Å². The molecule has 4 aromatic rings. The molecule has 164 valence electrons. The van der Waals surface area contributed by atoms with E-state index in [1.165, 1.54) is 11.8 Å². The number of aryl methyl sites for hydroxylation is 2. The average molecular weight is 454 g/mol. The average Bonchev–Trinajstić information content (AvgIpc) is 2.79. The summed E-state index contributed by atoms with van der Waals surface area (Å²) >= 11 is 1.46. The first-order chi connectivity index (χ1) is 15.8. The molecule has 4 rings (SSSR count). The van der Waals surface area contributed by atoms with Gasteiger partial charge in [0.2, 0.25) is 0 Å². The Bertz CT molecular complexity index is 1500. The maximum absolute atomic E-state index is 13.4. The second-order valence-corrected chi connectivity index (χ2v) is 8.99. The normalized spacial score (nSPS) is 10.9. The molecule has 33 heavy (non-hydrogen) atoms. The highest BCUT2D eigenvalue weighted by molar-refractivity contribution is 7.98. The summed E-state index contributed by atoms with van der Waals surface area (Å²) in [5, 5.41) is 10.2. The maximum Gasteiger partial charge on any atom is 0.266 e. The van der Waals surface area contributed by atoms with Crippen molar-refractivity contribution in [1.29, 1.82) is 5.26 Å². The van der Waals surface area contributed by atoms with Crippen LogP contribution in [0.3, 0.4) is 0 Å². The van der Waals surface area contributed by atoms with E-state index < -0.39 is 0 Å². The predicted molar refractivity (Wildman–Crippen MR) is 132 cm³/mol. The zero-order valence-electron chi connectivity index (χ0n) is 19.0. The Morgan fingerprint density at radius 1 is 1.06 bits per heavy atom. The Balaban J connectivity index is 1.85. The van der Waals surface area contributed by atoms with Crippen LogP contribution in [0.5, 0.6) is 0 Å². The van der Waals surface area contributed by atoms with Gasteiger partial charge in [-0.15, -0.1) is 0 Å². The molecule has 0 spiro atoms. The standard InChI is InChI=1S/C27H23N3O2S/c1-16-13-17(2)25(19(4)31)18(3)23(16)15-33-27-29-24-8-6-5-7-22(24)26(32)30(27)21-11-9-20(14-28)10-12-21/h5-13H,15H2,1-4H3. The van der Waals surface area contributed by atoms with E-state index in [9.17, 15) is 9.59 Å². The van der Waals surface area contributed by atoms with Crippen LogP contribution in [0, 0.1) is 32.1 Å². The first-order valence-corrected chi connectivity index (χ1v) is 11.6. The monoisotopic (exact) mass is 453 g/mol. The van der Waals surface area contributed by atoms with Crippen LogP contribution >= 0.6 is 11.8 Å². The number of benzene rings is 3. The Kier molecular flexibility index (Phi) is 6.17. The summed E-state index contributed by atoms with van der Waals surface area (Å²) in [6.07, 6.45) is 0. The van der Waals surface area contributed by atoms with Crippen molar-refractivity contribution >= 4 is 28.4 Å². The third-order valence-corrected chi connectivity index (χ3v) is 6.79. The van der Waals surface area contributed by atoms with E-state index >= 15 is 0 Å². The zero-order chi connectivity index (χ0) is 23.7. The summed E-state index contributed by atoms with van der Waals surface area (Å²) in [4.78, 5) is 30.5. The number of para-hydroxylation sites is 1. The van der Waals surface area contributed by atoms with Gasteiger partial charge in [-0.2, -0.15) is 5.26 Å². The number of ketones is 1. The van der Waals surface area contributed by atoms with Crippen LogP contribution in [0.25, 0.3) is 16.6 Å². The van der Waals surface area contributed by atoms with Gasteiger partial charge in [0.1, 0.15) is 0 Å². The van der Waals surface area contributed by atoms with Crippen molar-refractivity contribution < 1.29 is 4.79 Å². The molecule has 3 aromatic carbocycles. The van der Waals surface area contributed by atoms with Crippen LogP contribution in [0.15, 0.2) is 64.5 Å². The van der Waals surface area contributed by atoms with E-state index in [4.69, 9.17) is 10.2 Å². The molecule has 1 heterocycles. The van der Waals surface area contributed by atoms with Gasteiger partial charge in [-0.05, 0) is 86.3 Å². The van der Waals surface area contributed by atoms with Crippen LogP contribution < -0.4 is 5.56 Å². The van der Waals surface area contributed by atoms with Crippen molar-refractivity contribution in [3.8, 4) is 11.8 Å². The topological polar surface area (TPSA) is 75.8 Å². The fourth-order valence-corrected chi connectivity index (χ4v) is 5.45. The number of rotatable bonds is 5. The zero-order valence-corrected chi connectivity index (χ0v) is 19.8. The second kappa shape index (κ2) is 9.05. The Morgan fingerprint density at radius 3 is 2.42 bits per heavy atom. The highest BCUT2D eigenvalue weighted by Gasteiger charge is 2.17. The lowest BCUT2D eigenvalue weighted by Gasteiger charge is -2.17. The number of Topliss-reactive ketones (excluding diaryl/α,β-unsaturated/α-hetero) is 1. The number of hydrogen-bond acceptors (Lipinski definition) is 5. The lowest BCUT2D eigenvalue weighted by atomic mass is 9.92. The van der Waals surface area contributed by atoms with Crippen LogP contribution in [-0.2, 0) is 5.75 Å². The Morgan fingerprint density at radius 2 is 1.76 bits per heavy atom. The number of thioether (sulfide) groups is 1. The van der Waals surface area contributed by atoms with Gasteiger partial charge in [0.05, 0.1) is 28.2 Å². The SMILES string of the molecule is CC(=O)c1c(C)cc(C)c(CSc2nc3ccccc3c(=O)n2-c2ccc(C#N)cc2)c1C. The largest absolute Gasteiger partial charge is 0.294 e. The van der Waals surface area contributed by atoms with Crippen molar-refractivity contribution in [3.63, 3.8) is 0 Å². The van der Waals surface area contributed by atoms with Crippen molar-refractivity contribution in [2.75, 3.05) is 0 Å². The predicted octanol–water partition coefficient (Wildman–Crippen LogP) is 5.68. The van der Waals surface area contributed by atoms with Crippen LogP contribution in [0.4, 0.5) is 0 Å². The maximum atomic E-state index is 13.4. The molecule has 0 saturated carbocycles. The molecule has 0 amide bonds. The van der Waals surface area contributed by atoms with Gasteiger partial charge in [0.15, 0.2) is 10.9 Å². The van der Waals surface area contributed by atoms with E-state index in [1.807, 2.05) is 45.0 Å². The highest BCUT2D eigenvalue weighted by atomic mass is 32.2. The molecular weight excluding hydrogens is 430 g/mol. The third kappa shape index (κ3) is 4.20. The van der Waals surface area contributed by atoms with Crippen molar-refractivity contribution in [3.05, 3.63) is 98.3 Å². The van der Waals surface area contributed by atoms with Crippen LogP contribution in [0.1, 0.15) is 45.1 Å². The van der Waals surface area contributed by atoms with Gasteiger partial charge in [0.25, 0.3) is 5.56 Å². The molecule has 0 aliphatic heterocycles. The van der Waals surface area contributed by atoms with Gasteiger partial charge in [0, 0.05) is 11.3 Å². The second-order valence-electron chi connectivity index (χ2n) is 8.04. The van der Waals surface area contributed by atoms with Gasteiger partial charge < -0.3 is 0 Å². The van der Waals surface area contributed by atoms with E-state index in [1.54, 1.807) is 41.8 Å². The molecule has 0 aliphatic carbocycles. The lowest BCUT2D eigenvalue weighted by molar-refractivity contribution is 0.101. The number of fused-ring (bicyclic) bond motifs is 1. The highest BCUT2D eigenvalue weighted by Crippen LogP contribution is 2.30. The quantitative estimate of drug-likeness (QED) is 0.221. The lowest BCUT2D eigenvalue weighted by Crippen LogP contribution is -2.21. The number of carbonyl (C=O) groups excluding carboxylic acids is 1. The summed E-state index contributed by atoms with van der Waals surface area (Å²) < 4.78 is 1.60. The summed E-state index contributed by atoms with van der Waals surface area (Å²) in [6.45, 7) is 7.58. The molecule has 1 aromatic heterocycles. The van der Waals surface area contributed by atoms with E-state index in [-0.39, 0.29) is 11.3 Å². The van der Waals surface area contributed by atoms with Crippen molar-refractivity contribution in [1.82, 2.24) is 9.55 Å². The Hall–Kier alpha value is -3.69. The van der Waals surface area contributed by atoms with Gasteiger partial charge in [-0.3, -0.25) is 14.2 Å². The summed E-state index contributed by atoms with van der Waals surface area (Å²) in [6, 6.07) is 18.3. The number of nitrogens with zero attached hydrogens (tertiary/aromatic N) is 3. The first kappa shape index (κ1) is 22.5. The molecule has 6 heteroatoms. The minimum absolute atomic E-state index is 0.0505. The third-order valence-electron chi connectivity index (χ3n) is 5.83. The van der Waals surface area contributed by atoms with E-state index in [0.717, 1.165) is 27.8 Å². The van der Waals surface area contributed by atoms with Gasteiger partial charge in [-0.25, -0.2) is 4.98 Å². The van der Waals surface area contributed by atoms with Gasteiger partial charge in [-0.1, -0.05) is 30.0 Å². The molecule has 5 nitrogen and oxygen atoms in total. The number of aromatic nitrogens is 2. The van der Waals surface area contributed by atoms with Crippen LogP contribution in [0.2, 0.25) is 0 Å². The van der Waals surface area contributed by atoms with Crippen molar-refractivity contribution in [2.45, 2.75) is 38.6 Å². The van der Waals surface area contributed by atoms with Crippen LogP contribution in [-0.4, -0.2) is 15.3 Å².